The van der Waals surface area contributed by atoms with Crippen LogP contribution in [0.3, 0.4) is 0 Å². The van der Waals surface area contributed by atoms with Crippen LogP contribution in [0.15, 0.2) is 41.3 Å². The molecule has 1 amide bonds. The standard InChI is InChI=1S/C17H11N3O7S2/c1-26-13-4-2-9(7-15-16(21)18-17(28)29-15)6-14(13)27-12-5-3-10(19(22)23)8-11(12)20(24)25/h2-8H,1H3,(H,18,21,28)/b15-7-. The van der Waals surface area contributed by atoms with Gasteiger partial charge in [-0.05, 0) is 29.8 Å². The molecule has 1 fully saturated rings. The smallest absolute Gasteiger partial charge is 0.318 e. The number of thioether (sulfide) groups is 1. The molecule has 0 aromatic heterocycles. The van der Waals surface area contributed by atoms with Gasteiger partial charge in [-0.2, -0.15) is 0 Å². The predicted octanol–water partition coefficient (Wildman–Crippen LogP) is 3.79. The van der Waals surface area contributed by atoms with Crippen LogP contribution in [0.5, 0.6) is 17.2 Å². The van der Waals surface area contributed by atoms with Crippen molar-refractivity contribution < 1.29 is 24.1 Å². The summed E-state index contributed by atoms with van der Waals surface area (Å²) < 4.78 is 11.2. The van der Waals surface area contributed by atoms with Crippen LogP contribution in [-0.2, 0) is 4.79 Å². The second-order valence-electron chi connectivity index (χ2n) is 5.53. The lowest BCUT2D eigenvalue weighted by molar-refractivity contribution is -0.394. The predicted molar refractivity (Wildman–Crippen MR) is 109 cm³/mol. The monoisotopic (exact) mass is 433 g/mol. The second-order valence-corrected chi connectivity index (χ2v) is 7.25. The molecule has 0 radical (unpaired) electrons. The number of non-ortho nitro benzene ring substituents is 1. The molecule has 1 aliphatic heterocycles. The number of methoxy groups -OCH3 is 1. The lowest BCUT2D eigenvalue weighted by Crippen LogP contribution is -2.17. The fourth-order valence-electron chi connectivity index (χ4n) is 2.40. The Kier molecular flexibility index (Phi) is 5.75. The summed E-state index contributed by atoms with van der Waals surface area (Å²) in [6.07, 6.45) is 1.58. The van der Waals surface area contributed by atoms with Gasteiger partial charge in [0.25, 0.3) is 11.6 Å². The number of ether oxygens (including phenoxy) is 2. The van der Waals surface area contributed by atoms with E-state index >= 15 is 0 Å². The Morgan fingerprint density at radius 1 is 1.07 bits per heavy atom. The number of hydrogen-bond acceptors (Lipinski definition) is 9. The van der Waals surface area contributed by atoms with Crippen molar-refractivity contribution in [3.63, 3.8) is 0 Å². The number of hydrogen-bond donors (Lipinski definition) is 1. The first-order valence-corrected chi connectivity index (χ1v) is 9.04. The van der Waals surface area contributed by atoms with Crippen molar-refractivity contribution in [1.82, 2.24) is 5.32 Å². The van der Waals surface area contributed by atoms with Gasteiger partial charge in [0.15, 0.2) is 11.5 Å². The fraction of sp³-hybridized carbons (Fsp3) is 0.0588. The van der Waals surface area contributed by atoms with Crippen LogP contribution in [0.25, 0.3) is 6.08 Å². The first kappa shape index (κ1) is 20.2. The lowest BCUT2D eigenvalue weighted by atomic mass is 10.2. The zero-order valence-corrected chi connectivity index (χ0v) is 16.2. The first-order valence-electron chi connectivity index (χ1n) is 7.82. The molecule has 2 aromatic rings. The summed E-state index contributed by atoms with van der Waals surface area (Å²) >= 11 is 6.05. The Morgan fingerprint density at radius 2 is 1.79 bits per heavy atom. The van der Waals surface area contributed by atoms with Crippen molar-refractivity contribution in [3.05, 3.63) is 67.1 Å². The molecule has 0 bridgehead atoms. The maximum Gasteiger partial charge on any atom is 0.318 e. The second kappa shape index (κ2) is 8.24. The highest BCUT2D eigenvalue weighted by molar-refractivity contribution is 8.26. The maximum absolute atomic E-state index is 11.8. The van der Waals surface area contributed by atoms with Gasteiger partial charge in [-0.15, -0.1) is 0 Å². The quantitative estimate of drug-likeness (QED) is 0.312. The van der Waals surface area contributed by atoms with Gasteiger partial charge >= 0.3 is 5.69 Å². The summed E-state index contributed by atoms with van der Waals surface area (Å²) in [6.45, 7) is 0. The number of nitro groups is 2. The molecular formula is C17H11N3O7S2. The van der Waals surface area contributed by atoms with Gasteiger partial charge in [0.05, 0.1) is 27.9 Å². The van der Waals surface area contributed by atoms with Gasteiger partial charge in [-0.1, -0.05) is 30.0 Å². The Balaban J connectivity index is 2.00. The van der Waals surface area contributed by atoms with E-state index in [9.17, 15) is 25.0 Å². The Morgan fingerprint density at radius 3 is 2.38 bits per heavy atom. The van der Waals surface area contributed by atoms with Gasteiger partial charge in [-0.3, -0.25) is 25.0 Å². The molecule has 0 aliphatic carbocycles. The van der Waals surface area contributed by atoms with Crippen LogP contribution in [0.4, 0.5) is 11.4 Å². The van der Waals surface area contributed by atoms with E-state index in [1.165, 1.54) is 13.2 Å². The van der Waals surface area contributed by atoms with Crippen LogP contribution in [0, 0.1) is 20.2 Å². The van der Waals surface area contributed by atoms with E-state index in [0.717, 1.165) is 30.0 Å². The van der Waals surface area contributed by atoms with Crippen molar-refractivity contribution in [1.29, 1.82) is 0 Å². The molecule has 0 spiro atoms. The van der Waals surface area contributed by atoms with Gasteiger partial charge in [0.1, 0.15) is 4.32 Å². The highest BCUT2D eigenvalue weighted by Gasteiger charge is 2.24. The topological polar surface area (TPSA) is 134 Å². The molecule has 0 unspecified atom stereocenters. The Hall–Kier alpha value is -3.51. The van der Waals surface area contributed by atoms with Gasteiger partial charge < -0.3 is 14.8 Å². The van der Waals surface area contributed by atoms with Crippen LogP contribution >= 0.6 is 24.0 Å². The summed E-state index contributed by atoms with van der Waals surface area (Å²) in [5.41, 5.74) is -0.441. The summed E-state index contributed by atoms with van der Waals surface area (Å²) in [6, 6.07) is 7.80. The molecular weight excluding hydrogens is 422 g/mol. The first-order chi connectivity index (χ1) is 13.8. The molecule has 29 heavy (non-hydrogen) atoms. The average molecular weight is 433 g/mol. The molecule has 3 rings (SSSR count). The van der Waals surface area contributed by atoms with E-state index in [1.807, 2.05) is 0 Å². The van der Waals surface area contributed by atoms with Crippen LogP contribution in [0.1, 0.15) is 5.56 Å². The fourth-order valence-corrected chi connectivity index (χ4v) is 3.45. The van der Waals surface area contributed by atoms with E-state index in [2.05, 4.69) is 5.32 Å². The molecule has 2 aromatic carbocycles. The van der Waals surface area contributed by atoms with Crippen molar-refractivity contribution in [2.24, 2.45) is 0 Å². The zero-order valence-electron chi connectivity index (χ0n) is 14.6. The minimum Gasteiger partial charge on any atom is -0.493 e. The van der Waals surface area contributed by atoms with E-state index < -0.39 is 21.2 Å². The van der Waals surface area contributed by atoms with Crippen LogP contribution in [0.2, 0.25) is 0 Å². The van der Waals surface area contributed by atoms with Crippen LogP contribution in [-0.4, -0.2) is 27.2 Å². The normalized spacial score (nSPS) is 14.6. The molecule has 1 heterocycles. The van der Waals surface area contributed by atoms with E-state index in [1.54, 1.807) is 18.2 Å². The number of benzene rings is 2. The third kappa shape index (κ3) is 4.50. The molecule has 1 aliphatic rings. The minimum atomic E-state index is -0.777. The van der Waals surface area contributed by atoms with Gasteiger partial charge in [0.2, 0.25) is 5.75 Å². The van der Waals surface area contributed by atoms with E-state index in [4.69, 9.17) is 21.7 Å². The number of nitro benzene ring substituents is 2. The zero-order chi connectivity index (χ0) is 21.1. The van der Waals surface area contributed by atoms with Crippen molar-refractivity contribution in [2.75, 3.05) is 7.11 Å². The minimum absolute atomic E-state index is 0.129. The summed E-state index contributed by atoms with van der Waals surface area (Å²) in [5.74, 6) is -0.120. The lowest BCUT2D eigenvalue weighted by Gasteiger charge is -2.11. The third-order valence-electron chi connectivity index (χ3n) is 3.70. The number of nitrogens with zero attached hydrogens (tertiary/aromatic N) is 2. The SMILES string of the molecule is COc1ccc(/C=C2\SC(=S)NC2=O)cc1Oc1ccc([N+](=O)[O-])cc1[N+](=O)[O-]. The summed E-state index contributed by atoms with van der Waals surface area (Å²) in [5, 5.41) is 24.7. The number of nitrogens with one attached hydrogen (secondary N) is 1. The van der Waals surface area contributed by atoms with Crippen molar-refractivity contribution in [2.45, 2.75) is 0 Å². The van der Waals surface area contributed by atoms with Gasteiger partial charge in [-0.25, -0.2) is 0 Å². The highest BCUT2D eigenvalue weighted by atomic mass is 32.2. The number of amides is 1. The van der Waals surface area contributed by atoms with Crippen LogP contribution < -0.4 is 14.8 Å². The van der Waals surface area contributed by atoms with Crippen molar-refractivity contribution >= 4 is 51.7 Å². The van der Waals surface area contributed by atoms with Crippen molar-refractivity contribution in [3.8, 4) is 17.2 Å². The molecule has 1 saturated heterocycles. The van der Waals surface area contributed by atoms with Gasteiger partial charge in [0, 0.05) is 6.07 Å². The largest absolute Gasteiger partial charge is 0.493 e. The molecule has 0 saturated carbocycles. The molecule has 10 nitrogen and oxygen atoms in total. The van der Waals surface area contributed by atoms with E-state index in [-0.39, 0.29) is 23.2 Å². The maximum atomic E-state index is 11.8. The molecule has 1 N–H and O–H groups in total. The van der Waals surface area contributed by atoms with E-state index in [0.29, 0.717) is 14.8 Å². The summed E-state index contributed by atoms with van der Waals surface area (Å²) in [7, 11) is 1.39. The number of rotatable bonds is 6. The third-order valence-corrected chi connectivity index (χ3v) is 4.86. The highest BCUT2D eigenvalue weighted by Crippen LogP contribution is 2.39. The molecule has 12 heteroatoms. The number of thiocarbonyl (C=S) groups is 1. The Bertz CT molecular complexity index is 1080. The summed E-state index contributed by atoms with van der Waals surface area (Å²) in [4.78, 5) is 32.9. The molecule has 0 atom stereocenters. The Labute approximate surface area is 172 Å². The molecule has 148 valence electrons. The number of carbonyl (C=O) groups excluding carboxylic acids is 1. The number of carbonyl (C=O) groups is 1. The average Bonchev–Trinajstić information content (AvgIpc) is 2.98.